The Labute approximate surface area is 158 Å². The molecule has 0 bridgehead atoms. The molecule has 1 fully saturated rings. The fourth-order valence-electron chi connectivity index (χ4n) is 2.98. The summed E-state index contributed by atoms with van der Waals surface area (Å²) < 4.78 is 0. The van der Waals surface area contributed by atoms with Crippen molar-refractivity contribution in [2.75, 3.05) is 13.1 Å². The number of hydrogen-bond donors (Lipinski definition) is 3. The molecule has 0 radical (unpaired) electrons. The van der Waals surface area contributed by atoms with Crippen LogP contribution >= 0.6 is 25.3 Å². The third-order valence-electron chi connectivity index (χ3n) is 4.40. The van der Waals surface area contributed by atoms with Crippen molar-refractivity contribution >= 4 is 37.1 Å². The molecule has 130 valence electrons. The molecule has 2 amide bonds. The fraction of sp³-hybridized carbons (Fsp3) is 0.263. The maximum absolute atomic E-state index is 12.6. The first-order valence-electron chi connectivity index (χ1n) is 8.22. The molecule has 25 heavy (non-hydrogen) atoms. The Bertz CT molecular complexity index is 786. The van der Waals surface area contributed by atoms with Gasteiger partial charge >= 0.3 is 0 Å². The van der Waals surface area contributed by atoms with Crippen LogP contribution in [0.15, 0.2) is 58.3 Å². The number of benzene rings is 2. The van der Waals surface area contributed by atoms with Crippen molar-refractivity contribution in [3.05, 3.63) is 59.7 Å². The molecule has 0 atom stereocenters. The summed E-state index contributed by atoms with van der Waals surface area (Å²) in [5.74, 6) is -0.118. The highest BCUT2D eigenvalue weighted by Crippen LogP contribution is 2.19. The fourth-order valence-corrected chi connectivity index (χ4v) is 3.50. The normalized spacial score (nSPS) is 15.0. The summed E-state index contributed by atoms with van der Waals surface area (Å²) in [6.45, 7) is 1.24. The van der Waals surface area contributed by atoms with E-state index in [0.717, 1.165) is 12.8 Å². The molecular weight excluding hydrogens is 352 g/mol. The van der Waals surface area contributed by atoms with E-state index in [1.54, 1.807) is 18.2 Å². The Morgan fingerprint density at radius 1 is 0.880 bits per heavy atom. The predicted octanol–water partition coefficient (Wildman–Crippen LogP) is 3.30. The molecule has 2 aromatic carbocycles. The van der Waals surface area contributed by atoms with Gasteiger partial charge < -0.3 is 10.2 Å². The molecule has 4 nitrogen and oxygen atoms in total. The van der Waals surface area contributed by atoms with Gasteiger partial charge in [-0.05, 0) is 37.1 Å². The highest BCUT2D eigenvalue weighted by Gasteiger charge is 2.25. The first-order valence-corrected chi connectivity index (χ1v) is 9.12. The molecule has 0 spiro atoms. The molecule has 0 aliphatic carbocycles. The van der Waals surface area contributed by atoms with E-state index < -0.39 is 0 Å². The Morgan fingerprint density at radius 3 is 1.96 bits per heavy atom. The second kappa shape index (κ2) is 7.97. The van der Waals surface area contributed by atoms with Crippen LogP contribution in [0.5, 0.6) is 0 Å². The van der Waals surface area contributed by atoms with Gasteiger partial charge in [0.25, 0.3) is 11.8 Å². The van der Waals surface area contributed by atoms with Crippen molar-refractivity contribution in [3.63, 3.8) is 0 Å². The van der Waals surface area contributed by atoms with Crippen LogP contribution in [0.25, 0.3) is 0 Å². The van der Waals surface area contributed by atoms with E-state index in [9.17, 15) is 9.59 Å². The van der Waals surface area contributed by atoms with Gasteiger partial charge in [-0.15, -0.1) is 25.3 Å². The summed E-state index contributed by atoms with van der Waals surface area (Å²) in [6.07, 6.45) is 1.47. The number of rotatable bonds is 3. The van der Waals surface area contributed by atoms with E-state index in [1.807, 2.05) is 35.2 Å². The summed E-state index contributed by atoms with van der Waals surface area (Å²) in [5, 5.41) is 3.05. The SMILES string of the molecule is O=C(NC1CCN(C(=O)c2ccccc2S)CC1)c1ccccc1S. The molecule has 1 saturated heterocycles. The van der Waals surface area contributed by atoms with Crippen LogP contribution in [0, 0.1) is 0 Å². The van der Waals surface area contributed by atoms with Crippen LogP contribution in [0.4, 0.5) is 0 Å². The Morgan fingerprint density at radius 2 is 1.40 bits per heavy atom. The van der Waals surface area contributed by atoms with Crippen LogP contribution in [0.2, 0.25) is 0 Å². The lowest BCUT2D eigenvalue weighted by molar-refractivity contribution is 0.0694. The Hall–Kier alpha value is -1.92. The topological polar surface area (TPSA) is 49.4 Å². The van der Waals surface area contributed by atoms with Gasteiger partial charge in [0.05, 0.1) is 11.1 Å². The monoisotopic (exact) mass is 372 g/mol. The number of piperidine rings is 1. The van der Waals surface area contributed by atoms with Crippen molar-refractivity contribution in [1.29, 1.82) is 0 Å². The first kappa shape index (κ1) is 17.9. The third kappa shape index (κ3) is 4.19. The van der Waals surface area contributed by atoms with E-state index >= 15 is 0 Å². The summed E-state index contributed by atoms with van der Waals surface area (Å²) >= 11 is 8.68. The summed E-state index contributed by atoms with van der Waals surface area (Å²) in [6, 6.07) is 14.6. The lowest BCUT2D eigenvalue weighted by atomic mass is 10.0. The van der Waals surface area contributed by atoms with Gasteiger partial charge in [0.2, 0.25) is 0 Å². The van der Waals surface area contributed by atoms with Crippen LogP contribution in [-0.2, 0) is 0 Å². The van der Waals surface area contributed by atoms with Gasteiger partial charge in [-0.25, -0.2) is 0 Å². The third-order valence-corrected chi connectivity index (χ3v) is 5.18. The van der Waals surface area contributed by atoms with Crippen molar-refractivity contribution in [3.8, 4) is 0 Å². The van der Waals surface area contributed by atoms with Gasteiger partial charge in [0.15, 0.2) is 0 Å². The standard InChI is InChI=1S/C19H20N2O2S2/c22-18(14-5-1-3-7-16(14)24)20-13-9-11-21(12-10-13)19(23)15-6-2-4-8-17(15)25/h1-8,13,24-25H,9-12H2,(H,20,22). The number of nitrogens with zero attached hydrogens (tertiary/aromatic N) is 1. The molecule has 6 heteroatoms. The van der Waals surface area contributed by atoms with Gasteiger partial charge in [-0.1, -0.05) is 24.3 Å². The lowest BCUT2D eigenvalue weighted by Crippen LogP contribution is -2.46. The molecule has 1 aliphatic heterocycles. The molecule has 0 saturated carbocycles. The number of carbonyl (C=O) groups excluding carboxylic acids is 2. The van der Waals surface area contributed by atoms with Crippen LogP contribution in [0.1, 0.15) is 33.6 Å². The second-order valence-corrected chi connectivity index (χ2v) is 7.04. The molecule has 1 aliphatic rings. The van der Waals surface area contributed by atoms with Crippen molar-refractivity contribution in [1.82, 2.24) is 10.2 Å². The minimum Gasteiger partial charge on any atom is -0.349 e. The Balaban J connectivity index is 1.57. The summed E-state index contributed by atoms with van der Waals surface area (Å²) in [4.78, 5) is 28.1. The zero-order chi connectivity index (χ0) is 17.8. The van der Waals surface area contributed by atoms with Gasteiger partial charge in [-0.3, -0.25) is 9.59 Å². The minimum atomic E-state index is -0.115. The van der Waals surface area contributed by atoms with Crippen LogP contribution in [0.3, 0.4) is 0 Å². The summed E-state index contributed by atoms with van der Waals surface area (Å²) in [5.41, 5.74) is 1.20. The molecule has 3 rings (SSSR count). The number of thiol groups is 2. The molecule has 2 aromatic rings. The average Bonchev–Trinajstić information content (AvgIpc) is 2.62. The zero-order valence-electron chi connectivity index (χ0n) is 13.7. The van der Waals surface area contributed by atoms with E-state index in [1.165, 1.54) is 0 Å². The van der Waals surface area contributed by atoms with E-state index in [4.69, 9.17) is 0 Å². The number of nitrogens with one attached hydrogen (secondary N) is 1. The minimum absolute atomic E-state index is 0.00363. The quantitative estimate of drug-likeness (QED) is 0.724. The highest BCUT2D eigenvalue weighted by molar-refractivity contribution is 7.80. The largest absolute Gasteiger partial charge is 0.349 e. The lowest BCUT2D eigenvalue weighted by Gasteiger charge is -2.32. The van der Waals surface area contributed by atoms with Crippen molar-refractivity contribution in [2.24, 2.45) is 0 Å². The van der Waals surface area contributed by atoms with Crippen LogP contribution < -0.4 is 5.32 Å². The zero-order valence-corrected chi connectivity index (χ0v) is 15.5. The Kier molecular flexibility index (Phi) is 5.71. The molecule has 0 aromatic heterocycles. The highest BCUT2D eigenvalue weighted by atomic mass is 32.1. The number of carbonyl (C=O) groups is 2. The van der Waals surface area contributed by atoms with Crippen LogP contribution in [-0.4, -0.2) is 35.8 Å². The van der Waals surface area contributed by atoms with E-state index in [0.29, 0.717) is 34.0 Å². The number of likely N-dealkylation sites (tertiary alicyclic amines) is 1. The number of amides is 2. The van der Waals surface area contributed by atoms with E-state index in [-0.39, 0.29) is 17.9 Å². The maximum atomic E-state index is 12.6. The predicted molar refractivity (Wildman–Crippen MR) is 104 cm³/mol. The van der Waals surface area contributed by atoms with Gasteiger partial charge in [0, 0.05) is 28.9 Å². The summed E-state index contributed by atoms with van der Waals surface area (Å²) in [7, 11) is 0. The molecular formula is C19H20N2O2S2. The first-order chi connectivity index (χ1) is 12.1. The average molecular weight is 373 g/mol. The molecule has 0 unspecified atom stereocenters. The smallest absolute Gasteiger partial charge is 0.254 e. The van der Waals surface area contributed by atoms with E-state index in [2.05, 4.69) is 30.6 Å². The molecule has 1 N–H and O–H groups in total. The maximum Gasteiger partial charge on any atom is 0.254 e. The second-order valence-electron chi connectivity index (χ2n) is 6.07. The van der Waals surface area contributed by atoms with Gasteiger partial charge in [0.1, 0.15) is 0 Å². The van der Waals surface area contributed by atoms with Gasteiger partial charge in [-0.2, -0.15) is 0 Å². The number of hydrogen-bond acceptors (Lipinski definition) is 4. The van der Waals surface area contributed by atoms with Crippen molar-refractivity contribution < 1.29 is 9.59 Å². The molecule has 1 heterocycles. The van der Waals surface area contributed by atoms with Crippen molar-refractivity contribution in [2.45, 2.75) is 28.7 Å².